The molecule has 1 heterocycles. The summed E-state index contributed by atoms with van der Waals surface area (Å²) >= 11 is 1.76. The summed E-state index contributed by atoms with van der Waals surface area (Å²) in [4.78, 5) is 27.7. The number of alkyl halides is 1. The Kier molecular flexibility index (Phi) is 1.93. The van der Waals surface area contributed by atoms with Crippen LogP contribution in [-0.4, -0.2) is 28.2 Å². The third-order valence-electron chi connectivity index (χ3n) is 0.934. The first-order valence-electron chi connectivity index (χ1n) is 2.46. The first-order valence-corrected chi connectivity index (χ1v) is 3.53. The molecule has 0 amide bonds. The van der Waals surface area contributed by atoms with Crippen LogP contribution in [0.2, 0.25) is 0 Å². The quantitative estimate of drug-likeness (QED) is 0.299. The van der Waals surface area contributed by atoms with E-state index in [1.54, 1.807) is 22.6 Å². The fourth-order valence-electron chi connectivity index (χ4n) is 0.509. The topological polar surface area (TPSA) is 58.9 Å². The van der Waals surface area contributed by atoms with Crippen LogP contribution >= 0.6 is 22.6 Å². The molecule has 0 aromatic carbocycles. The molecule has 1 aliphatic heterocycles. The van der Waals surface area contributed by atoms with Gasteiger partial charge in [-0.25, -0.2) is 9.98 Å². The molecular formula is C5H3IN2O2. The second-order valence-corrected chi connectivity index (χ2v) is 3.25. The van der Waals surface area contributed by atoms with E-state index >= 15 is 0 Å². The lowest BCUT2D eigenvalue weighted by Crippen LogP contribution is -2.12. The standard InChI is InChI=1S/C5H3IN2O2/c6-5(3-10)7-1-4(2-9)8-5/h1-3H. The Hall–Kier alpha value is -0.590. The highest BCUT2D eigenvalue weighted by atomic mass is 127. The third kappa shape index (κ3) is 1.28. The van der Waals surface area contributed by atoms with Gasteiger partial charge < -0.3 is 0 Å². The van der Waals surface area contributed by atoms with Gasteiger partial charge in [0, 0.05) is 0 Å². The molecule has 0 fully saturated rings. The van der Waals surface area contributed by atoms with E-state index in [0.717, 1.165) is 0 Å². The highest BCUT2D eigenvalue weighted by Gasteiger charge is 2.27. The molecule has 0 aromatic heterocycles. The molecule has 1 aliphatic rings. The third-order valence-corrected chi connectivity index (χ3v) is 1.71. The molecule has 4 nitrogen and oxygen atoms in total. The van der Waals surface area contributed by atoms with Crippen molar-refractivity contribution in [3.8, 4) is 0 Å². The number of halogens is 1. The number of aliphatic imine (C=N–C) groups is 2. The molecule has 0 aromatic rings. The number of rotatable bonds is 2. The maximum Gasteiger partial charge on any atom is 0.257 e. The highest BCUT2D eigenvalue weighted by Crippen LogP contribution is 2.22. The van der Waals surface area contributed by atoms with Crippen molar-refractivity contribution in [2.45, 2.75) is 3.67 Å². The lowest BCUT2D eigenvalue weighted by Gasteiger charge is -2.02. The van der Waals surface area contributed by atoms with Crippen LogP contribution in [-0.2, 0) is 9.59 Å². The summed E-state index contributed by atoms with van der Waals surface area (Å²) in [6.45, 7) is 0. The minimum Gasteiger partial charge on any atom is -0.297 e. The van der Waals surface area contributed by atoms with Crippen molar-refractivity contribution in [2.24, 2.45) is 9.98 Å². The summed E-state index contributed by atoms with van der Waals surface area (Å²) in [7, 11) is 0. The van der Waals surface area contributed by atoms with E-state index < -0.39 is 3.67 Å². The van der Waals surface area contributed by atoms with Crippen LogP contribution in [0.4, 0.5) is 0 Å². The lowest BCUT2D eigenvalue weighted by molar-refractivity contribution is -0.109. The number of carbonyl (C=O) groups is 2. The predicted molar refractivity (Wildman–Crippen MR) is 44.8 cm³/mol. The molecule has 1 unspecified atom stereocenters. The number of hydrogen-bond acceptors (Lipinski definition) is 4. The maximum absolute atomic E-state index is 10.2. The monoisotopic (exact) mass is 250 g/mol. The zero-order valence-corrected chi connectivity index (χ0v) is 6.98. The Morgan fingerprint density at radius 3 is 2.60 bits per heavy atom. The Morgan fingerprint density at radius 2 is 2.30 bits per heavy atom. The van der Waals surface area contributed by atoms with E-state index in [-0.39, 0.29) is 5.71 Å². The molecule has 0 saturated heterocycles. The molecule has 5 heteroatoms. The minimum absolute atomic E-state index is 0.210. The van der Waals surface area contributed by atoms with Gasteiger partial charge in [-0.1, -0.05) is 0 Å². The number of carbonyl (C=O) groups excluding carboxylic acids is 2. The fraction of sp³-hybridized carbons (Fsp3) is 0.200. The molecule has 0 radical (unpaired) electrons. The van der Waals surface area contributed by atoms with Gasteiger partial charge in [-0.3, -0.25) is 9.59 Å². The second-order valence-electron chi connectivity index (χ2n) is 1.67. The first kappa shape index (κ1) is 7.52. The second kappa shape index (κ2) is 2.57. The molecule has 10 heavy (non-hydrogen) atoms. The largest absolute Gasteiger partial charge is 0.297 e. The zero-order chi connectivity index (χ0) is 7.61. The Labute approximate surface area is 70.6 Å². The van der Waals surface area contributed by atoms with E-state index in [1.165, 1.54) is 6.21 Å². The molecule has 52 valence electrons. The van der Waals surface area contributed by atoms with Crippen LogP contribution < -0.4 is 0 Å². The normalized spacial score (nSPS) is 29.9. The first-order chi connectivity index (χ1) is 4.70. The molecule has 0 N–H and O–H groups in total. The summed E-state index contributed by atoms with van der Waals surface area (Å²) in [5.74, 6) is 0. The van der Waals surface area contributed by atoms with Crippen molar-refractivity contribution >= 4 is 47.1 Å². The van der Waals surface area contributed by atoms with E-state index in [4.69, 9.17) is 0 Å². The van der Waals surface area contributed by atoms with Gasteiger partial charge in [0.2, 0.25) is 0 Å². The van der Waals surface area contributed by atoms with Gasteiger partial charge in [0.25, 0.3) is 3.67 Å². The van der Waals surface area contributed by atoms with Gasteiger partial charge in [-0.2, -0.15) is 0 Å². The van der Waals surface area contributed by atoms with Crippen molar-refractivity contribution in [2.75, 3.05) is 0 Å². The number of aldehydes is 2. The van der Waals surface area contributed by atoms with Crippen molar-refractivity contribution in [3.05, 3.63) is 0 Å². The molecule has 0 bridgehead atoms. The zero-order valence-electron chi connectivity index (χ0n) is 4.82. The van der Waals surface area contributed by atoms with Crippen molar-refractivity contribution in [1.29, 1.82) is 0 Å². The van der Waals surface area contributed by atoms with E-state index in [1.807, 2.05) is 0 Å². The smallest absolute Gasteiger partial charge is 0.257 e. The van der Waals surface area contributed by atoms with Gasteiger partial charge in [-0.05, 0) is 22.6 Å². The fourth-order valence-corrected chi connectivity index (χ4v) is 0.927. The number of hydrogen-bond donors (Lipinski definition) is 0. The summed E-state index contributed by atoms with van der Waals surface area (Å²) in [6.07, 6.45) is 2.43. The van der Waals surface area contributed by atoms with E-state index in [2.05, 4.69) is 9.98 Å². The average Bonchev–Trinajstić information content (AvgIpc) is 2.33. The Bertz CT molecular complexity index is 236. The molecule has 0 saturated carbocycles. The van der Waals surface area contributed by atoms with E-state index in [0.29, 0.717) is 12.6 Å². The Morgan fingerprint density at radius 1 is 1.60 bits per heavy atom. The minimum atomic E-state index is -1.08. The van der Waals surface area contributed by atoms with Crippen LogP contribution in [0.5, 0.6) is 0 Å². The molecule has 1 atom stereocenters. The van der Waals surface area contributed by atoms with Crippen molar-refractivity contribution in [1.82, 2.24) is 0 Å². The lowest BCUT2D eigenvalue weighted by atomic mass is 10.5. The van der Waals surface area contributed by atoms with Gasteiger partial charge in [-0.15, -0.1) is 0 Å². The van der Waals surface area contributed by atoms with Gasteiger partial charge >= 0.3 is 0 Å². The Balaban J connectivity index is 2.92. The summed E-state index contributed by atoms with van der Waals surface area (Å²) in [5.41, 5.74) is 0.210. The number of nitrogens with zero attached hydrogens (tertiary/aromatic N) is 2. The van der Waals surface area contributed by atoms with Gasteiger partial charge in [0.05, 0.1) is 6.21 Å². The maximum atomic E-state index is 10.2. The van der Waals surface area contributed by atoms with Crippen molar-refractivity contribution in [3.63, 3.8) is 0 Å². The summed E-state index contributed by atoms with van der Waals surface area (Å²) in [5, 5.41) is 0. The summed E-state index contributed by atoms with van der Waals surface area (Å²) < 4.78 is -1.08. The van der Waals surface area contributed by atoms with Crippen LogP contribution in [0.15, 0.2) is 9.98 Å². The van der Waals surface area contributed by atoms with Crippen LogP contribution in [0.1, 0.15) is 0 Å². The summed E-state index contributed by atoms with van der Waals surface area (Å²) in [6, 6.07) is 0. The molecule has 0 spiro atoms. The molecule has 1 rings (SSSR count). The van der Waals surface area contributed by atoms with Crippen LogP contribution in [0.3, 0.4) is 0 Å². The van der Waals surface area contributed by atoms with Crippen molar-refractivity contribution < 1.29 is 9.59 Å². The van der Waals surface area contributed by atoms with Crippen LogP contribution in [0, 0.1) is 0 Å². The predicted octanol–water partition coefficient (Wildman–Crippen LogP) is -0.00160. The van der Waals surface area contributed by atoms with Gasteiger partial charge in [0.15, 0.2) is 12.6 Å². The molecule has 0 aliphatic carbocycles. The molecular weight excluding hydrogens is 247 g/mol. The average molecular weight is 250 g/mol. The SMILES string of the molecule is O=CC1=NC(I)(C=O)N=C1. The highest BCUT2D eigenvalue weighted by molar-refractivity contribution is 14.1. The van der Waals surface area contributed by atoms with E-state index in [9.17, 15) is 9.59 Å². The van der Waals surface area contributed by atoms with Crippen LogP contribution in [0.25, 0.3) is 0 Å². The van der Waals surface area contributed by atoms with Gasteiger partial charge in [0.1, 0.15) is 5.71 Å².